The van der Waals surface area contributed by atoms with E-state index in [4.69, 9.17) is 0 Å². The maximum Gasteiger partial charge on any atom is 0.416 e. The summed E-state index contributed by atoms with van der Waals surface area (Å²) < 4.78 is 38.4. The molecule has 3 rings (SSSR count). The van der Waals surface area contributed by atoms with Gasteiger partial charge in [-0.3, -0.25) is 14.9 Å². The number of rotatable bonds is 8. The van der Waals surface area contributed by atoms with Crippen LogP contribution >= 0.6 is 0 Å². The Morgan fingerprint density at radius 2 is 1.75 bits per heavy atom. The molecule has 32 heavy (non-hydrogen) atoms. The van der Waals surface area contributed by atoms with Crippen LogP contribution in [0.25, 0.3) is 0 Å². The summed E-state index contributed by atoms with van der Waals surface area (Å²) in [6.07, 6.45) is -2.02. The molecule has 0 atom stereocenters. The summed E-state index contributed by atoms with van der Waals surface area (Å²) in [4.78, 5) is 30.2. The molecule has 2 aromatic heterocycles. The molecule has 0 saturated heterocycles. The number of hydrogen-bond acceptors (Lipinski definition) is 7. The Hall–Kier alpha value is -4.22. The zero-order valence-electron chi connectivity index (χ0n) is 16.4. The molecule has 0 aliphatic rings. The summed E-state index contributed by atoms with van der Waals surface area (Å²) in [5.41, 5.74) is -0.415. The van der Waals surface area contributed by atoms with Crippen molar-refractivity contribution in [2.45, 2.75) is 6.18 Å². The van der Waals surface area contributed by atoms with E-state index in [1.807, 2.05) is 0 Å². The van der Waals surface area contributed by atoms with Crippen molar-refractivity contribution in [3.8, 4) is 0 Å². The molecule has 0 aliphatic carbocycles. The van der Waals surface area contributed by atoms with E-state index >= 15 is 0 Å². The first-order chi connectivity index (χ1) is 15.2. The van der Waals surface area contributed by atoms with Gasteiger partial charge in [0.25, 0.3) is 11.6 Å². The molecule has 0 unspecified atom stereocenters. The molecule has 0 aliphatic heterocycles. The lowest BCUT2D eigenvalue weighted by Crippen LogP contribution is -2.29. The van der Waals surface area contributed by atoms with Crippen LogP contribution in [0.4, 0.5) is 36.2 Å². The maximum absolute atomic E-state index is 12.8. The lowest BCUT2D eigenvalue weighted by atomic mass is 10.2. The Balaban J connectivity index is 1.48. The van der Waals surface area contributed by atoms with Crippen LogP contribution in [0, 0.1) is 10.1 Å². The highest BCUT2D eigenvalue weighted by atomic mass is 19.4. The first-order valence-corrected chi connectivity index (χ1v) is 9.25. The van der Waals surface area contributed by atoms with Crippen LogP contribution in [-0.4, -0.2) is 33.9 Å². The lowest BCUT2D eigenvalue weighted by molar-refractivity contribution is -0.385. The van der Waals surface area contributed by atoms with Crippen LogP contribution < -0.4 is 16.0 Å². The Bertz CT molecular complexity index is 1090. The van der Waals surface area contributed by atoms with Crippen LogP contribution in [0.1, 0.15) is 15.9 Å². The first kappa shape index (κ1) is 22.5. The SMILES string of the molecule is O=C(NCCNc1ccc([N+](=O)[O-])cn1)c1ccc(Nc2cccc(C(F)(F)F)c2)nc1. The predicted octanol–water partition coefficient (Wildman–Crippen LogP) is 3.99. The third kappa shape index (κ3) is 6.14. The molecule has 166 valence electrons. The summed E-state index contributed by atoms with van der Waals surface area (Å²) >= 11 is 0. The largest absolute Gasteiger partial charge is 0.416 e. The van der Waals surface area contributed by atoms with Crippen molar-refractivity contribution in [1.82, 2.24) is 15.3 Å². The number of carbonyl (C=O) groups excluding carboxylic acids is 1. The Morgan fingerprint density at radius 1 is 1.00 bits per heavy atom. The molecule has 1 amide bonds. The minimum Gasteiger partial charge on any atom is -0.368 e. The van der Waals surface area contributed by atoms with E-state index in [-0.39, 0.29) is 35.2 Å². The summed E-state index contributed by atoms with van der Waals surface area (Å²) in [5.74, 6) is 0.324. The second-order valence-electron chi connectivity index (χ2n) is 6.48. The number of alkyl halides is 3. The topological polar surface area (TPSA) is 122 Å². The molecule has 12 heteroatoms. The Morgan fingerprint density at radius 3 is 2.38 bits per heavy atom. The van der Waals surface area contributed by atoms with Gasteiger partial charge in [0, 0.05) is 31.0 Å². The number of carbonyl (C=O) groups is 1. The molecular weight excluding hydrogens is 429 g/mol. The molecule has 0 radical (unpaired) electrons. The fourth-order valence-electron chi connectivity index (χ4n) is 2.59. The summed E-state index contributed by atoms with van der Waals surface area (Å²) in [5, 5.41) is 18.9. The quantitative estimate of drug-likeness (QED) is 0.272. The molecule has 2 heterocycles. The van der Waals surface area contributed by atoms with Gasteiger partial charge in [0.2, 0.25) is 0 Å². The van der Waals surface area contributed by atoms with E-state index in [0.29, 0.717) is 12.4 Å². The van der Waals surface area contributed by atoms with E-state index in [2.05, 4.69) is 25.9 Å². The molecule has 1 aromatic carbocycles. The van der Waals surface area contributed by atoms with Gasteiger partial charge < -0.3 is 16.0 Å². The number of hydrogen-bond donors (Lipinski definition) is 3. The average molecular weight is 446 g/mol. The molecule has 3 N–H and O–H groups in total. The number of aromatic nitrogens is 2. The molecule has 0 bridgehead atoms. The summed E-state index contributed by atoms with van der Waals surface area (Å²) in [6, 6.07) is 10.4. The van der Waals surface area contributed by atoms with Crippen LogP contribution in [0.3, 0.4) is 0 Å². The minimum atomic E-state index is -4.45. The van der Waals surface area contributed by atoms with Crippen molar-refractivity contribution in [3.05, 3.63) is 82.2 Å². The smallest absolute Gasteiger partial charge is 0.368 e. The number of benzene rings is 1. The van der Waals surface area contributed by atoms with Gasteiger partial charge in [0.15, 0.2) is 0 Å². The van der Waals surface area contributed by atoms with Crippen molar-refractivity contribution in [2.75, 3.05) is 23.7 Å². The molecule has 9 nitrogen and oxygen atoms in total. The lowest BCUT2D eigenvalue weighted by Gasteiger charge is -2.11. The number of halogens is 3. The van der Waals surface area contributed by atoms with Crippen molar-refractivity contribution in [1.29, 1.82) is 0 Å². The van der Waals surface area contributed by atoms with Crippen molar-refractivity contribution < 1.29 is 22.9 Å². The number of nitro groups is 1. The highest BCUT2D eigenvalue weighted by Crippen LogP contribution is 2.31. The highest BCUT2D eigenvalue weighted by molar-refractivity contribution is 5.94. The standard InChI is InChI=1S/C20H17F3N6O3/c21-20(22,23)14-2-1-3-15(10-14)28-18-6-4-13(11-26-18)19(30)25-9-8-24-17-7-5-16(12-27-17)29(31)32/h1-7,10-12H,8-9H2,(H,24,27)(H,25,30)(H,26,28). The second-order valence-corrected chi connectivity index (χ2v) is 6.48. The average Bonchev–Trinajstić information content (AvgIpc) is 2.77. The Labute approximate surface area is 179 Å². The normalized spacial score (nSPS) is 11.0. The maximum atomic E-state index is 12.8. The highest BCUT2D eigenvalue weighted by Gasteiger charge is 2.30. The first-order valence-electron chi connectivity index (χ1n) is 9.25. The number of nitrogens with zero attached hydrogens (tertiary/aromatic N) is 3. The fraction of sp³-hybridized carbons (Fsp3) is 0.150. The van der Waals surface area contributed by atoms with Gasteiger partial charge in [-0.1, -0.05) is 6.07 Å². The number of nitrogens with one attached hydrogen (secondary N) is 3. The van der Waals surface area contributed by atoms with E-state index in [0.717, 1.165) is 18.3 Å². The predicted molar refractivity (Wildman–Crippen MR) is 111 cm³/mol. The van der Waals surface area contributed by atoms with Crippen LogP contribution in [-0.2, 0) is 6.18 Å². The fourth-order valence-corrected chi connectivity index (χ4v) is 2.59. The van der Waals surface area contributed by atoms with Gasteiger partial charge in [0.05, 0.1) is 16.1 Å². The van der Waals surface area contributed by atoms with Crippen molar-refractivity contribution >= 4 is 28.9 Å². The van der Waals surface area contributed by atoms with Crippen LogP contribution in [0.2, 0.25) is 0 Å². The van der Waals surface area contributed by atoms with E-state index in [1.54, 1.807) is 0 Å². The monoisotopic (exact) mass is 446 g/mol. The van der Waals surface area contributed by atoms with E-state index in [9.17, 15) is 28.1 Å². The molecule has 3 aromatic rings. The zero-order chi connectivity index (χ0) is 23.1. The second kappa shape index (κ2) is 9.73. The van der Waals surface area contributed by atoms with E-state index in [1.165, 1.54) is 42.6 Å². The van der Waals surface area contributed by atoms with Gasteiger partial charge in [-0.2, -0.15) is 13.2 Å². The van der Waals surface area contributed by atoms with Gasteiger partial charge >= 0.3 is 6.18 Å². The molecule has 0 fully saturated rings. The minimum absolute atomic E-state index is 0.123. The van der Waals surface area contributed by atoms with Gasteiger partial charge in [-0.15, -0.1) is 0 Å². The zero-order valence-corrected chi connectivity index (χ0v) is 16.4. The Kier molecular flexibility index (Phi) is 6.83. The van der Waals surface area contributed by atoms with Crippen molar-refractivity contribution in [2.24, 2.45) is 0 Å². The van der Waals surface area contributed by atoms with Gasteiger partial charge in [-0.25, -0.2) is 9.97 Å². The van der Waals surface area contributed by atoms with Crippen LogP contribution in [0.5, 0.6) is 0 Å². The molecule has 0 spiro atoms. The third-order valence-corrected chi connectivity index (χ3v) is 4.16. The van der Waals surface area contributed by atoms with Gasteiger partial charge in [0.1, 0.15) is 17.8 Å². The van der Waals surface area contributed by atoms with Gasteiger partial charge in [-0.05, 0) is 36.4 Å². The van der Waals surface area contributed by atoms with Crippen LogP contribution in [0.15, 0.2) is 60.9 Å². The molecular formula is C20H17F3N6O3. The van der Waals surface area contributed by atoms with E-state index < -0.39 is 16.7 Å². The molecule has 0 saturated carbocycles. The number of amides is 1. The third-order valence-electron chi connectivity index (χ3n) is 4.16. The van der Waals surface area contributed by atoms with Crippen molar-refractivity contribution in [3.63, 3.8) is 0 Å². The number of pyridine rings is 2. The number of anilines is 3. The summed E-state index contributed by atoms with van der Waals surface area (Å²) in [6.45, 7) is 0.584. The summed E-state index contributed by atoms with van der Waals surface area (Å²) in [7, 11) is 0.